The van der Waals surface area contributed by atoms with Crippen LogP contribution in [-0.2, 0) is 9.47 Å². The summed E-state index contributed by atoms with van der Waals surface area (Å²) < 4.78 is 10.1. The Morgan fingerprint density at radius 1 is 0.864 bits per heavy atom. The number of carbonyl (C=O) groups excluding carboxylic acids is 2. The van der Waals surface area contributed by atoms with Crippen LogP contribution in [0.4, 0.5) is 9.59 Å². The fourth-order valence-electron chi connectivity index (χ4n) is 1.36. The number of ether oxygens (including phenoxy) is 2. The zero-order valence-electron chi connectivity index (χ0n) is 14.1. The number of aliphatic hydroxyl groups is 2. The Morgan fingerprint density at radius 2 is 1.27 bits per heavy atom. The molecule has 0 aromatic carbocycles. The summed E-state index contributed by atoms with van der Waals surface area (Å²) in [6.45, 7) is 8.79. The highest BCUT2D eigenvalue weighted by Gasteiger charge is 2.33. The van der Waals surface area contributed by atoms with Gasteiger partial charge >= 0.3 is 12.2 Å². The van der Waals surface area contributed by atoms with Gasteiger partial charge in [0.15, 0.2) is 0 Å². The summed E-state index contributed by atoms with van der Waals surface area (Å²) in [7, 11) is 0. The SMILES string of the molecule is CC(C)(C)OC(=O)NCC(CO)(CO)NC(=O)OC(C)(C)C. The lowest BCUT2D eigenvalue weighted by Crippen LogP contribution is -2.61. The van der Waals surface area contributed by atoms with Crippen molar-refractivity contribution in [1.82, 2.24) is 10.6 Å². The van der Waals surface area contributed by atoms with Gasteiger partial charge in [-0.1, -0.05) is 0 Å². The number of amides is 2. The van der Waals surface area contributed by atoms with E-state index in [1.165, 1.54) is 0 Å². The molecule has 0 unspecified atom stereocenters. The minimum atomic E-state index is -1.45. The van der Waals surface area contributed by atoms with Gasteiger partial charge in [-0.25, -0.2) is 9.59 Å². The van der Waals surface area contributed by atoms with Gasteiger partial charge in [0.1, 0.15) is 16.7 Å². The van der Waals surface area contributed by atoms with Gasteiger partial charge < -0.3 is 30.3 Å². The van der Waals surface area contributed by atoms with Crippen molar-refractivity contribution < 1.29 is 29.3 Å². The maximum Gasteiger partial charge on any atom is 0.408 e. The third kappa shape index (κ3) is 8.68. The van der Waals surface area contributed by atoms with Crippen LogP contribution >= 0.6 is 0 Å². The summed E-state index contributed by atoms with van der Waals surface area (Å²) in [5.74, 6) is 0. The monoisotopic (exact) mass is 320 g/mol. The van der Waals surface area contributed by atoms with E-state index in [1.54, 1.807) is 41.5 Å². The van der Waals surface area contributed by atoms with Crippen LogP contribution in [0.15, 0.2) is 0 Å². The molecule has 0 bridgehead atoms. The number of rotatable bonds is 5. The molecule has 0 radical (unpaired) electrons. The average Bonchev–Trinajstić information content (AvgIpc) is 2.30. The standard InChI is InChI=1S/C14H28N2O6/c1-12(2,3)21-10(19)15-7-14(8-17,9-18)16-11(20)22-13(4,5)6/h17-18H,7-9H2,1-6H3,(H,15,19)(H,16,20). The van der Waals surface area contributed by atoms with E-state index in [1.807, 2.05) is 0 Å². The van der Waals surface area contributed by atoms with Crippen LogP contribution in [-0.4, -0.2) is 58.9 Å². The predicted octanol–water partition coefficient (Wildman–Crippen LogP) is 0.759. The first-order chi connectivity index (χ1) is 9.82. The van der Waals surface area contributed by atoms with Crippen molar-refractivity contribution in [3.05, 3.63) is 0 Å². The van der Waals surface area contributed by atoms with E-state index < -0.39 is 42.1 Å². The van der Waals surface area contributed by atoms with Crippen LogP contribution in [0.1, 0.15) is 41.5 Å². The Kier molecular flexibility index (Phi) is 7.11. The summed E-state index contributed by atoms with van der Waals surface area (Å²) in [6.07, 6.45) is -1.52. The molecule has 0 saturated heterocycles. The van der Waals surface area contributed by atoms with Crippen LogP contribution in [0.5, 0.6) is 0 Å². The number of nitrogens with one attached hydrogen (secondary N) is 2. The highest BCUT2D eigenvalue weighted by atomic mass is 16.6. The first-order valence-corrected chi connectivity index (χ1v) is 7.02. The molecule has 0 aliphatic rings. The number of alkyl carbamates (subject to hydrolysis) is 2. The number of hydrogen-bond acceptors (Lipinski definition) is 6. The summed E-state index contributed by atoms with van der Waals surface area (Å²) >= 11 is 0. The molecule has 130 valence electrons. The molecular formula is C14H28N2O6. The molecule has 0 aliphatic carbocycles. The topological polar surface area (TPSA) is 117 Å². The highest BCUT2D eigenvalue weighted by molar-refractivity contribution is 5.70. The molecule has 8 nitrogen and oxygen atoms in total. The fourth-order valence-corrected chi connectivity index (χ4v) is 1.36. The smallest absolute Gasteiger partial charge is 0.408 e. The third-order valence-electron chi connectivity index (χ3n) is 2.34. The summed E-state index contributed by atoms with van der Waals surface area (Å²) in [5, 5.41) is 23.7. The van der Waals surface area contributed by atoms with Crippen molar-refractivity contribution >= 4 is 12.2 Å². The van der Waals surface area contributed by atoms with Crippen LogP contribution < -0.4 is 10.6 Å². The van der Waals surface area contributed by atoms with E-state index in [2.05, 4.69) is 10.6 Å². The normalized spacial score (nSPS) is 12.5. The van der Waals surface area contributed by atoms with Gasteiger partial charge in [0.2, 0.25) is 0 Å². The van der Waals surface area contributed by atoms with Crippen LogP contribution in [0.2, 0.25) is 0 Å². The van der Waals surface area contributed by atoms with E-state index in [9.17, 15) is 19.8 Å². The van der Waals surface area contributed by atoms with Crippen LogP contribution in [0.3, 0.4) is 0 Å². The third-order valence-corrected chi connectivity index (χ3v) is 2.34. The second-order valence-electron chi connectivity index (χ2n) is 7.08. The number of hydrogen-bond donors (Lipinski definition) is 4. The molecule has 0 heterocycles. The molecule has 2 amide bonds. The van der Waals surface area contributed by atoms with Gasteiger partial charge in [-0.2, -0.15) is 0 Å². The first kappa shape index (κ1) is 20.5. The van der Waals surface area contributed by atoms with Crippen molar-refractivity contribution in [2.75, 3.05) is 19.8 Å². The zero-order chi connectivity index (χ0) is 17.6. The molecule has 0 aliphatic heterocycles. The van der Waals surface area contributed by atoms with Crippen LogP contribution in [0, 0.1) is 0 Å². The van der Waals surface area contributed by atoms with Crippen molar-refractivity contribution in [3.8, 4) is 0 Å². The van der Waals surface area contributed by atoms with E-state index in [-0.39, 0.29) is 6.54 Å². The van der Waals surface area contributed by atoms with E-state index >= 15 is 0 Å². The van der Waals surface area contributed by atoms with Crippen molar-refractivity contribution in [1.29, 1.82) is 0 Å². The first-order valence-electron chi connectivity index (χ1n) is 7.02. The Labute approximate surface area is 131 Å². The maximum atomic E-state index is 11.8. The Balaban J connectivity index is 4.69. The Bertz CT molecular complexity index is 380. The number of carbonyl (C=O) groups is 2. The molecule has 22 heavy (non-hydrogen) atoms. The lowest BCUT2D eigenvalue weighted by Gasteiger charge is -2.32. The molecule has 4 N–H and O–H groups in total. The lowest BCUT2D eigenvalue weighted by atomic mass is 10.0. The van der Waals surface area contributed by atoms with Gasteiger partial charge in [0.25, 0.3) is 0 Å². The van der Waals surface area contributed by atoms with Gasteiger partial charge in [0, 0.05) is 6.54 Å². The van der Waals surface area contributed by atoms with Crippen molar-refractivity contribution in [2.24, 2.45) is 0 Å². The molecule has 0 aromatic rings. The molecule has 8 heteroatoms. The molecule has 0 saturated carbocycles. The van der Waals surface area contributed by atoms with E-state index in [0.717, 1.165) is 0 Å². The molecule has 0 atom stereocenters. The van der Waals surface area contributed by atoms with Crippen molar-refractivity contribution in [3.63, 3.8) is 0 Å². The summed E-state index contributed by atoms with van der Waals surface area (Å²) in [5.41, 5.74) is -2.84. The minimum absolute atomic E-state index is 0.214. The zero-order valence-corrected chi connectivity index (χ0v) is 14.1. The largest absolute Gasteiger partial charge is 0.444 e. The summed E-state index contributed by atoms with van der Waals surface area (Å²) in [6, 6.07) is 0. The molecule has 0 spiro atoms. The minimum Gasteiger partial charge on any atom is -0.444 e. The summed E-state index contributed by atoms with van der Waals surface area (Å²) in [4.78, 5) is 23.4. The average molecular weight is 320 g/mol. The highest BCUT2D eigenvalue weighted by Crippen LogP contribution is 2.10. The maximum absolute atomic E-state index is 11.8. The Morgan fingerprint density at radius 3 is 1.64 bits per heavy atom. The molecule has 0 aromatic heterocycles. The Hall–Kier alpha value is -1.54. The van der Waals surface area contributed by atoms with Gasteiger partial charge in [-0.15, -0.1) is 0 Å². The molecule has 0 rings (SSSR count). The number of aliphatic hydroxyl groups excluding tert-OH is 2. The van der Waals surface area contributed by atoms with Gasteiger partial charge in [-0.3, -0.25) is 0 Å². The second-order valence-corrected chi connectivity index (χ2v) is 7.08. The predicted molar refractivity (Wildman–Crippen MR) is 80.5 cm³/mol. The van der Waals surface area contributed by atoms with E-state index in [0.29, 0.717) is 0 Å². The second kappa shape index (κ2) is 7.64. The lowest BCUT2D eigenvalue weighted by molar-refractivity contribution is 0.0251. The van der Waals surface area contributed by atoms with E-state index in [4.69, 9.17) is 9.47 Å². The van der Waals surface area contributed by atoms with Crippen molar-refractivity contribution in [2.45, 2.75) is 58.3 Å². The molecular weight excluding hydrogens is 292 g/mol. The van der Waals surface area contributed by atoms with Gasteiger partial charge in [-0.05, 0) is 41.5 Å². The fraction of sp³-hybridized carbons (Fsp3) is 0.857. The molecule has 0 fully saturated rings. The quantitative estimate of drug-likeness (QED) is 0.594. The van der Waals surface area contributed by atoms with Gasteiger partial charge in [0.05, 0.1) is 13.2 Å². The van der Waals surface area contributed by atoms with Crippen LogP contribution in [0.25, 0.3) is 0 Å².